The Balaban J connectivity index is 0.00000192. The van der Waals surface area contributed by atoms with Crippen molar-refractivity contribution >= 4 is 24.0 Å². The van der Waals surface area contributed by atoms with Crippen LogP contribution in [0, 0.1) is 12.8 Å². The van der Waals surface area contributed by atoms with E-state index in [4.69, 9.17) is 9.26 Å². The molecule has 1 aromatic carbocycles. The van der Waals surface area contributed by atoms with E-state index in [1.807, 2.05) is 12.1 Å². The van der Waals surface area contributed by atoms with E-state index in [1.165, 1.54) is 0 Å². The van der Waals surface area contributed by atoms with Crippen molar-refractivity contribution in [3.63, 3.8) is 0 Å². The van der Waals surface area contributed by atoms with Gasteiger partial charge in [-0.3, -0.25) is 4.79 Å². The molecular weight excluding hydrogens is 320 g/mol. The zero-order valence-corrected chi connectivity index (χ0v) is 13.6. The maximum Gasteiger partial charge on any atom is 0.264 e. The van der Waals surface area contributed by atoms with Crippen LogP contribution in [0.1, 0.15) is 18.1 Å². The number of anilines is 1. The van der Waals surface area contributed by atoms with Gasteiger partial charge in [0.2, 0.25) is 5.91 Å². The molecule has 1 saturated heterocycles. The van der Waals surface area contributed by atoms with E-state index in [-0.39, 0.29) is 30.8 Å². The third kappa shape index (κ3) is 4.67. The molecule has 2 N–H and O–H groups in total. The molecule has 8 heteroatoms. The van der Waals surface area contributed by atoms with E-state index in [0.717, 1.165) is 25.2 Å². The van der Waals surface area contributed by atoms with Crippen molar-refractivity contribution in [1.82, 2.24) is 15.5 Å². The zero-order chi connectivity index (χ0) is 15.4. The van der Waals surface area contributed by atoms with Gasteiger partial charge >= 0.3 is 0 Å². The first kappa shape index (κ1) is 17.2. The smallest absolute Gasteiger partial charge is 0.264 e. The predicted octanol–water partition coefficient (Wildman–Crippen LogP) is 1.93. The highest BCUT2D eigenvalue weighted by molar-refractivity contribution is 5.92. The van der Waals surface area contributed by atoms with Crippen LogP contribution < -0.4 is 15.4 Å². The molecule has 3 rings (SSSR count). The number of aryl methyl sites for hydroxylation is 1. The zero-order valence-electron chi connectivity index (χ0n) is 12.7. The van der Waals surface area contributed by atoms with E-state index >= 15 is 0 Å². The van der Waals surface area contributed by atoms with Crippen molar-refractivity contribution in [1.29, 1.82) is 0 Å². The normalized spacial score (nSPS) is 16.7. The molecule has 1 aliphatic rings. The molecule has 0 spiro atoms. The number of amides is 1. The fraction of sp³-hybridized carbons (Fsp3) is 0.400. The van der Waals surface area contributed by atoms with Gasteiger partial charge < -0.3 is 19.9 Å². The molecule has 0 saturated carbocycles. The van der Waals surface area contributed by atoms with Crippen LogP contribution >= 0.6 is 12.4 Å². The van der Waals surface area contributed by atoms with Gasteiger partial charge in [-0.25, -0.2) is 0 Å². The molecule has 0 bridgehead atoms. The van der Waals surface area contributed by atoms with Crippen LogP contribution in [0.4, 0.5) is 5.69 Å². The van der Waals surface area contributed by atoms with Crippen LogP contribution in [-0.4, -0.2) is 29.1 Å². The molecule has 1 aliphatic heterocycles. The lowest BCUT2D eigenvalue weighted by atomic mass is 10.1. The van der Waals surface area contributed by atoms with E-state index < -0.39 is 0 Å². The van der Waals surface area contributed by atoms with Crippen LogP contribution in [0.2, 0.25) is 0 Å². The molecule has 1 fully saturated rings. The number of benzene rings is 1. The number of nitrogens with zero attached hydrogens (tertiary/aromatic N) is 2. The van der Waals surface area contributed by atoms with E-state index in [2.05, 4.69) is 20.8 Å². The second-order valence-corrected chi connectivity index (χ2v) is 5.23. The summed E-state index contributed by atoms with van der Waals surface area (Å²) >= 11 is 0. The van der Waals surface area contributed by atoms with Gasteiger partial charge in [0.1, 0.15) is 5.75 Å². The van der Waals surface area contributed by atoms with Crippen molar-refractivity contribution in [3.05, 3.63) is 36.0 Å². The quantitative estimate of drug-likeness (QED) is 0.866. The van der Waals surface area contributed by atoms with Gasteiger partial charge in [0, 0.05) is 12.2 Å². The molecule has 1 unspecified atom stereocenters. The van der Waals surface area contributed by atoms with Gasteiger partial charge in [-0.05, 0) is 44.2 Å². The third-order valence-electron chi connectivity index (χ3n) is 3.48. The summed E-state index contributed by atoms with van der Waals surface area (Å²) in [5.41, 5.74) is 0.762. The minimum absolute atomic E-state index is 0. The Labute approximate surface area is 140 Å². The minimum atomic E-state index is 0. The Bertz CT molecular complexity index is 638. The lowest BCUT2D eigenvalue weighted by Gasteiger charge is -2.10. The summed E-state index contributed by atoms with van der Waals surface area (Å²) < 4.78 is 10.5. The van der Waals surface area contributed by atoms with E-state index in [9.17, 15) is 4.79 Å². The molecule has 2 heterocycles. The first-order valence-electron chi connectivity index (χ1n) is 7.24. The van der Waals surface area contributed by atoms with E-state index in [0.29, 0.717) is 17.5 Å². The number of aromatic nitrogens is 2. The largest absolute Gasteiger partial charge is 0.484 e. The number of halogens is 1. The second-order valence-electron chi connectivity index (χ2n) is 5.23. The first-order valence-corrected chi connectivity index (χ1v) is 7.24. The summed E-state index contributed by atoms with van der Waals surface area (Å²) in [6.07, 6.45) is 0.886. The average Bonchev–Trinajstić information content (AvgIpc) is 3.18. The fourth-order valence-electron chi connectivity index (χ4n) is 2.30. The Hall–Kier alpha value is -2.12. The summed E-state index contributed by atoms with van der Waals surface area (Å²) in [5, 5.41) is 9.79. The highest BCUT2D eigenvalue weighted by Gasteiger charge is 2.22. The first-order chi connectivity index (χ1) is 10.7. The van der Waals surface area contributed by atoms with Crippen molar-refractivity contribution in [2.75, 3.05) is 18.4 Å². The number of carbonyl (C=O) groups excluding carboxylic acids is 1. The number of hydrogen-bond donors (Lipinski definition) is 2. The van der Waals surface area contributed by atoms with Crippen molar-refractivity contribution in [3.8, 4) is 5.75 Å². The summed E-state index contributed by atoms with van der Waals surface area (Å²) in [7, 11) is 0. The Kier molecular flexibility index (Phi) is 5.95. The number of carbonyl (C=O) groups is 1. The van der Waals surface area contributed by atoms with Crippen molar-refractivity contribution in [2.45, 2.75) is 20.0 Å². The fourth-order valence-corrected chi connectivity index (χ4v) is 2.30. The van der Waals surface area contributed by atoms with Crippen LogP contribution in [0.15, 0.2) is 28.8 Å². The molecule has 23 heavy (non-hydrogen) atoms. The van der Waals surface area contributed by atoms with Gasteiger partial charge in [-0.2, -0.15) is 4.98 Å². The van der Waals surface area contributed by atoms with E-state index in [1.54, 1.807) is 19.1 Å². The third-order valence-corrected chi connectivity index (χ3v) is 3.48. The molecule has 0 aliphatic carbocycles. The maximum atomic E-state index is 12.0. The number of hydrogen-bond acceptors (Lipinski definition) is 6. The molecule has 1 amide bonds. The lowest BCUT2D eigenvalue weighted by Crippen LogP contribution is -2.24. The van der Waals surface area contributed by atoms with Crippen LogP contribution in [0.3, 0.4) is 0 Å². The number of rotatable bonds is 5. The Morgan fingerprint density at radius 2 is 2.22 bits per heavy atom. The monoisotopic (exact) mass is 338 g/mol. The maximum absolute atomic E-state index is 12.0. The number of nitrogens with one attached hydrogen (secondary N) is 2. The molecule has 1 aromatic heterocycles. The van der Waals surface area contributed by atoms with Crippen LogP contribution in [-0.2, 0) is 11.4 Å². The standard InChI is InChI=1S/C15H18N4O3.ClH/c1-10-17-14(22-19-10)9-21-13-4-2-12(3-5-13)18-15(20)11-6-7-16-8-11;/h2-5,11,16H,6-9H2,1H3,(H,18,20);1H. The van der Waals surface area contributed by atoms with Crippen molar-refractivity contribution in [2.24, 2.45) is 5.92 Å². The molecule has 2 aromatic rings. The van der Waals surface area contributed by atoms with Gasteiger partial charge in [0.05, 0.1) is 5.92 Å². The molecule has 124 valence electrons. The van der Waals surface area contributed by atoms with Crippen LogP contribution in [0.25, 0.3) is 0 Å². The van der Waals surface area contributed by atoms with Gasteiger partial charge in [0.25, 0.3) is 5.89 Å². The number of ether oxygens (including phenoxy) is 1. The molecule has 1 atom stereocenters. The highest BCUT2D eigenvalue weighted by Crippen LogP contribution is 2.18. The van der Waals surface area contributed by atoms with Crippen LogP contribution in [0.5, 0.6) is 5.75 Å². The molecular formula is C15H19ClN4O3. The minimum Gasteiger partial charge on any atom is -0.484 e. The Morgan fingerprint density at radius 3 is 2.83 bits per heavy atom. The van der Waals surface area contributed by atoms with Crippen molar-refractivity contribution < 1.29 is 14.1 Å². The summed E-state index contributed by atoms with van der Waals surface area (Å²) in [5.74, 6) is 1.80. The van der Waals surface area contributed by atoms with Gasteiger partial charge in [-0.1, -0.05) is 5.16 Å². The lowest BCUT2D eigenvalue weighted by molar-refractivity contribution is -0.119. The average molecular weight is 339 g/mol. The van der Waals surface area contributed by atoms with Gasteiger partial charge in [-0.15, -0.1) is 12.4 Å². The van der Waals surface area contributed by atoms with Gasteiger partial charge in [0.15, 0.2) is 12.4 Å². The second kappa shape index (κ2) is 7.94. The summed E-state index contributed by atoms with van der Waals surface area (Å²) in [4.78, 5) is 16.1. The SMILES string of the molecule is Cc1noc(COc2ccc(NC(=O)C3CCNC3)cc2)n1.Cl. The summed E-state index contributed by atoms with van der Waals surface area (Å²) in [6, 6.07) is 7.22. The summed E-state index contributed by atoms with van der Waals surface area (Å²) in [6.45, 7) is 3.63. The Morgan fingerprint density at radius 1 is 1.43 bits per heavy atom. The molecule has 7 nitrogen and oxygen atoms in total. The highest BCUT2D eigenvalue weighted by atomic mass is 35.5. The topological polar surface area (TPSA) is 89.3 Å². The molecule has 0 radical (unpaired) electrons. The predicted molar refractivity (Wildman–Crippen MR) is 86.7 cm³/mol.